The normalized spacial score (nSPS) is 12.0. The Morgan fingerprint density at radius 3 is 1.52 bits per heavy atom. The maximum Gasteiger partial charge on any atom is 0.0991 e. The van der Waals surface area contributed by atoms with Gasteiger partial charge in [0.25, 0.3) is 0 Å². The topological polar surface area (TPSA) is 23.8 Å². The first-order chi connectivity index (χ1) is 25.6. The highest BCUT2D eigenvalue weighted by atomic mass is 14.3. The largest absolute Gasteiger partial charge is 0.192 e. The molecular weight excluding hydrogens is 627 g/mol. The first-order valence-electron chi connectivity index (χ1n) is 18.0. The van der Waals surface area contributed by atoms with Crippen molar-refractivity contribution in [2.45, 2.75) is 13.8 Å². The smallest absolute Gasteiger partial charge is 0.0991 e. The van der Waals surface area contributed by atoms with E-state index in [1.807, 2.05) is 12.1 Å². The summed E-state index contributed by atoms with van der Waals surface area (Å²) in [4.78, 5) is 0. The molecule has 240 valence electrons. The lowest BCUT2D eigenvalue weighted by atomic mass is 9.84. The van der Waals surface area contributed by atoms with Gasteiger partial charge in [0.15, 0.2) is 0 Å². The van der Waals surface area contributed by atoms with Crippen LogP contribution in [0.4, 0.5) is 0 Å². The number of nitriles is 1. The monoisotopic (exact) mass is 657 g/mol. The van der Waals surface area contributed by atoms with E-state index >= 15 is 0 Å². The predicted octanol–water partition coefficient (Wildman–Crippen LogP) is 14.1. The van der Waals surface area contributed by atoms with Crippen molar-refractivity contribution in [3.63, 3.8) is 0 Å². The summed E-state index contributed by atoms with van der Waals surface area (Å²) >= 11 is 0. The summed E-state index contributed by atoms with van der Waals surface area (Å²) in [5.41, 5.74) is 10.4. The maximum atomic E-state index is 9.72. The number of benzene rings is 9. The highest BCUT2D eigenvalue weighted by Gasteiger charge is 2.27. The van der Waals surface area contributed by atoms with Crippen LogP contribution in [0.1, 0.15) is 16.7 Å². The SMILES string of the molecule is Cc1cc(C#N)cc(C)c1-c1ccc2c3c(-c4ccccc4)c4c(cc5c6ccccc6c6cccc4c65)c(-c4ccccc4)c3c3cccc1c32. The minimum absolute atomic E-state index is 0.703. The first-order valence-corrected chi connectivity index (χ1v) is 18.0. The van der Waals surface area contributed by atoms with Crippen LogP contribution in [-0.4, -0.2) is 0 Å². The van der Waals surface area contributed by atoms with E-state index < -0.39 is 0 Å². The Kier molecular flexibility index (Phi) is 5.93. The second-order valence-electron chi connectivity index (χ2n) is 14.3. The summed E-state index contributed by atoms with van der Waals surface area (Å²) in [7, 11) is 0. The van der Waals surface area contributed by atoms with Crippen molar-refractivity contribution in [1.29, 1.82) is 5.26 Å². The van der Waals surface area contributed by atoms with Gasteiger partial charge >= 0.3 is 0 Å². The van der Waals surface area contributed by atoms with Crippen LogP contribution in [0.2, 0.25) is 0 Å². The van der Waals surface area contributed by atoms with Crippen molar-refractivity contribution in [2.24, 2.45) is 0 Å². The fraction of sp³-hybridized carbons (Fsp3) is 0.0392. The fourth-order valence-corrected chi connectivity index (χ4v) is 9.68. The zero-order valence-corrected chi connectivity index (χ0v) is 28.9. The van der Waals surface area contributed by atoms with Crippen LogP contribution in [0.5, 0.6) is 0 Å². The second-order valence-corrected chi connectivity index (χ2v) is 14.3. The van der Waals surface area contributed by atoms with Gasteiger partial charge in [-0.15, -0.1) is 0 Å². The Morgan fingerprint density at radius 2 is 0.846 bits per heavy atom. The van der Waals surface area contributed by atoms with Gasteiger partial charge in [-0.2, -0.15) is 5.26 Å². The Hall–Kier alpha value is -6.75. The van der Waals surface area contributed by atoms with E-state index in [-0.39, 0.29) is 0 Å². The van der Waals surface area contributed by atoms with Crippen molar-refractivity contribution in [3.8, 4) is 39.4 Å². The number of hydrogen-bond acceptors (Lipinski definition) is 1. The number of nitrogens with zero attached hydrogens (tertiary/aromatic N) is 1. The van der Waals surface area contributed by atoms with Crippen molar-refractivity contribution >= 4 is 75.4 Å². The predicted molar refractivity (Wildman–Crippen MR) is 222 cm³/mol. The summed E-state index contributed by atoms with van der Waals surface area (Å²) in [6, 6.07) is 58.3. The summed E-state index contributed by atoms with van der Waals surface area (Å²) < 4.78 is 0. The van der Waals surface area contributed by atoms with E-state index in [1.54, 1.807) is 0 Å². The van der Waals surface area contributed by atoms with Gasteiger partial charge in [-0.1, -0.05) is 133 Å². The van der Waals surface area contributed by atoms with Crippen molar-refractivity contribution < 1.29 is 0 Å². The summed E-state index contributed by atoms with van der Waals surface area (Å²) in [6.07, 6.45) is 0. The lowest BCUT2D eigenvalue weighted by Gasteiger charge is -2.19. The summed E-state index contributed by atoms with van der Waals surface area (Å²) in [6.45, 7) is 4.27. The van der Waals surface area contributed by atoms with Crippen LogP contribution in [-0.2, 0) is 0 Å². The standard InChI is InChI=1S/C51H31N/c1-29-25-31(28-52)26-30(2)44(29)38-23-24-41-47-37(38)20-12-22-40(47)50-45(32-13-5-3-6-14-32)43-27-42-35-18-10-9-17-34(35)36-19-11-21-39(48(36)42)49(43)46(51(41)50)33-15-7-4-8-16-33/h3-27H,1-2H3. The molecule has 0 spiro atoms. The van der Waals surface area contributed by atoms with Gasteiger partial charge in [0.05, 0.1) is 11.6 Å². The molecule has 11 aromatic rings. The average molecular weight is 658 g/mol. The second kappa shape index (κ2) is 10.6. The van der Waals surface area contributed by atoms with E-state index in [2.05, 4.69) is 159 Å². The molecule has 11 rings (SSSR count). The van der Waals surface area contributed by atoms with Gasteiger partial charge in [0, 0.05) is 0 Å². The van der Waals surface area contributed by atoms with E-state index in [0.29, 0.717) is 5.56 Å². The Bertz CT molecular complexity index is 3270. The summed E-state index contributed by atoms with van der Waals surface area (Å²) in [5, 5.41) is 27.9. The lowest BCUT2D eigenvalue weighted by molar-refractivity contribution is 1.36. The molecule has 1 heteroatoms. The van der Waals surface area contributed by atoms with E-state index in [9.17, 15) is 5.26 Å². The Morgan fingerprint density at radius 1 is 0.346 bits per heavy atom. The van der Waals surface area contributed by atoms with Crippen LogP contribution >= 0.6 is 0 Å². The molecule has 0 aliphatic rings. The third-order valence-electron chi connectivity index (χ3n) is 11.6. The molecule has 0 heterocycles. The van der Waals surface area contributed by atoms with E-state index in [0.717, 1.165) is 11.1 Å². The fourth-order valence-electron chi connectivity index (χ4n) is 9.68. The average Bonchev–Trinajstić information content (AvgIpc) is 3.69. The molecule has 0 radical (unpaired) electrons. The molecule has 0 N–H and O–H groups in total. The van der Waals surface area contributed by atoms with Gasteiger partial charge in [0.1, 0.15) is 0 Å². The van der Waals surface area contributed by atoms with Crippen LogP contribution in [0.15, 0.2) is 152 Å². The van der Waals surface area contributed by atoms with Crippen LogP contribution in [0, 0.1) is 25.2 Å². The molecule has 52 heavy (non-hydrogen) atoms. The maximum absolute atomic E-state index is 9.72. The quantitative estimate of drug-likeness (QED) is 0.174. The lowest BCUT2D eigenvalue weighted by Crippen LogP contribution is -1.92. The number of hydrogen-bond donors (Lipinski definition) is 0. The molecule has 0 aromatic heterocycles. The van der Waals surface area contributed by atoms with Crippen molar-refractivity contribution in [3.05, 3.63) is 168 Å². The molecule has 11 aromatic carbocycles. The van der Waals surface area contributed by atoms with Gasteiger partial charge in [0.2, 0.25) is 0 Å². The van der Waals surface area contributed by atoms with Crippen LogP contribution in [0.25, 0.3) is 109 Å². The molecule has 0 atom stereocenters. The van der Waals surface area contributed by atoms with Crippen LogP contribution < -0.4 is 0 Å². The molecule has 0 saturated heterocycles. The molecule has 1 nitrogen and oxygen atoms in total. The van der Waals surface area contributed by atoms with Crippen molar-refractivity contribution in [1.82, 2.24) is 0 Å². The van der Waals surface area contributed by atoms with Crippen molar-refractivity contribution in [2.75, 3.05) is 0 Å². The highest BCUT2D eigenvalue weighted by Crippen LogP contribution is 2.55. The molecule has 0 unspecified atom stereocenters. The zero-order valence-electron chi connectivity index (χ0n) is 28.9. The molecule has 0 bridgehead atoms. The van der Waals surface area contributed by atoms with Gasteiger partial charge in [-0.3, -0.25) is 0 Å². The van der Waals surface area contributed by atoms with E-state index in [1.165, 1.54) is 109 Å². The Labute approximate surface area is 301 Å². The third-order valence-corrected chi connectivity index (χ3v) is 11.6. The van der Waals surface area contributed by atoms with Gasteiger partial charge in [-0.05, 0) is 152 Å². The molecule has 0 aliphatic heterocycles. The third kappa shape index (κ3) is 3.76. The molecular formula is C51H31N. The first kappa shape index (κ1) is 29.0. The number of fused-ring (bicyclic) bond motifs is 8. The number of aryl methyl sites for hydroxylation is 2. The highest BCUT2D eigenvalue weighted by molar-refractivity contribution is 6.45. The minimum atomic E-state index is 0.703. The molecule has 0 aliphatic carbocycles. The molecule has 0 amide bonds. The van der Waals surface area contributed by atoms with Gasteiger partial charge < -0.3 is 0 Å². The zero-order chi connectivity index (χ0) is 34.7. The summed E-state index contributed by atoms with van der Waals surface area (Å²) in [5.74, 6) is 0. The molecule has 0 fully saturated rings. The number of rotatable bonds is 3. The molecule has 0 saturated carbocycles. The van der Waals surface area contributed by atoms with E-state index in [4.69, 9.17) is 0 Å². The minimum Gasteiger partial charge on any atom is -0.192 e. The van der Waals surface area contributed by atoms with Gasteiger partial charge in [-0.25, -0.2) is 0 Å². The Balaban J connectivity index is 1.43. The van der Waals surface area contributed by atoms with Crippen LogP contribution in [0.3, 0.4) is 0 Å².